The molecule has 0 amide bonds. The normalized spacial score (nSPS) is 15.6. The molecule has 1 fully saturated rings. The lowest BCUT2D eigenvalue weighted by molar-refractivity contribution is 0.301. The predicted octanol–water partition coefficient (Wildman–Crippen LogP) is 5.69. The van der Waals surface area contributed by atoms with Gasteiger partial charge in [0, 0.05) is 12.1 Å². The van der Waals surface area contributed by atoms with E-state index in [-0.39, 0.29) is 0 Å². The number of rotatable bonds is 6. The van der Waals surface area contributed by atoms with Crippen molar-refractivity contribution in [3.63, 3.8) is 0 Å². The highest BCUT2D eigenvalue weighted by atomic mass is 16.5. The lowest BCUT2D eigenvalue weighted by Gasteiger charge is -2.25. The van der Waals surface area contributed by atoms with Crippen LogP contribution in [-0.2, 0) is 6.61 Å². The zero-order valence-electron chi connectivity index (χ0n) is 15.4. The van der Waals surface area contributed by atoms with E-state index in [1.165, 1.54) is 36.8 Å². The molecule has 1 heterocycles. The lowest BCUT2D eigenvalue weighted by atomic mass is 9.80. The van der Waals surface area contributed by atoms with E-state index in [9.17, 15) is 5.11 Å². The van der Waals surface area contributed by atoms with Crippen LogP contribution in [0.3, 0.4) is 0 Å². The summed E-state index contributed by atoms with van der Waals surface area (Å²) >= 11 is 0. The molecule has 4 rings (SSSR count). The summed E-state index contributed by atoms with van der Waals surface area (Å²) < 4.78 is 5.88. The first-order chi connectivity index (χ1) is 13.3. The summed E-state index contributed by atoms with van der Waals surface area (Å²) in [6.45, 7) is 0.476. The summed E-state index contributed by atoms with van der Waals surface area (Å²) in [6, 6.07) is 22.0. The van der Waals surface area contributed by atoms with E-state index in [1.54, 1.807) is 18.3 Å². The van der Waals surface area contributed by atoms with Gasteiger partial charge in [-0.15, -0.1) is 0 Å². The second-order valence-corrected chi connectivity index (χ2v) is 7.29. The topological polar surface area (TPSA) is 42.4 Å². The SMILES string of the molecule is Oc1ccc(C(c2ccc(OCc3ccccn3)cc2)C2CCCC2)cc1. The molecule has 3 heteroatoms. The molecular formula is C24H25NO2. The second-order valence-electron chi connectivity index (χ2n) is 7.29. The van der Waals surface area contributed by atoms with Gasteiger partial charge in [0.2, 0.25) is 0 Å². The highest BCUT2D eigenvalue weighted by Crippen LogP contribution is 2.42. The Labute approximate surface area is 160 Å². The van der Waals surface area contributed by atoms with Gasteiger partial charge in [-0.25, -0.2) is 0 Å². The molecule has 3 aromatic rings. The van der Waals surface area contributed by atoms with Crippen LogP contribution in [0, 0.1) is 5.92 Å². The van der Waals surface area contributed by atoms with Crippen molar-refractivity contribution in [2.45, 2.75) is 38.2 Å². The number of phenols is 1. The van der Waals surface area contributed by atoms with Crippen LogP contribution in [0.5, 0.6) is 11.5 Å². The van der Waals surface area contributed by atoms with Crippen LogP contribution in [0.2, 0.25) is 0 Å². The number of pyridine rings is 1. The van der Waals surface area contributed by atoms with E-state index in [0.29, 0.717) is 24.2 Å². The summed E-state index contributed by atoms with van der Waals surface area (Å²) in [5.41, 5.74) is 3.52. The number of ether oxygens (including phenoxy) is 1. The Morgan fingerprint density at radius 2 is 1.56 bits per heavy atom. The number of benzene rings is 2. The maximum Gasteiger partial charge on any atom is 0.130 e. The van der Waals surface area contributed by atoms with E-state index in [2.05, 4.69) is 41.4 Å². The van der Waals surface area contributed by atoms with E-state index in [4.69, 9.17) is 4.74 Å². The maximum atomic E-state index is 9.64. The average molecular weight is 359 g/mol. The first-order valence-electron chi connectivity index (χ1n) is 9.71. The Balaban J connectivity index is 1.52. The van der Waals surface area contributed by atoms with Gasteiger partial charge in [-0.2, -0.15) is 0 Å². The Morgan fingerprint density at radius 3 is 2.19 bits per heavy atom. The van der Waals surface area contributed by atoms with Crippen LogP contribution in [0.4, 0.5) is 0 Å². The first kappa shape index (κ1) is 17.6. The van der Waals surface area contributed by atoms with Gasteiger partial charge in [0.15, 0.2) is 0 Å². The summed E-state index contributed by atoms with van der Waals surface area (Å²) in [7, 11) is 0. The van der Waals surface area contributed by atoms with E-state index >= 15 is 0 Å². The summed E-state index contributed by atoms with van der Waals surface area (Å²) in [5.74, 6) is 2.22. The Bertz CT molecular complexity index is 838. The number of aromatic nitrogens is 1. The number of nitrogens with zero attached hydrogens (tertiary/aromatic N) is 1. The Morgan fingerprint density at radius 1 is 0.889 bits per heavy atom. The molecule has 3 nitrogen and oxygen atoms in total. The lowest BCUT2D eigenvalue weighted by Crippen LogP contribution is -2.11. The third-order valence-corrected chi connectivity index (χ3v) is 5.48. The summed E-state index contributed by atoms with van der Waals surface area (Å²) in [4.78, 5) is 4.29. The smallest absolute Gasteiger partial charge is 0.130 e. The van der Waals surface area contributed by atoms with Crippen LogP contribution >= 0.6 is 0 Å². The fraction of sp³-hybridized carbons (Fsp3) is 0.292. The van der Waals surface area contributed by atoms with Crippen LogP contribution < -0.4 is 4.74 Å². The molecule has 2 aromatic carbocycles. The van der Waals surface area contributed by atoms with Crippen LogP contribution in [0.15, 0.2) is 72.9 Å². The minimum atomic E-state index is 0.321. The van der Waals surface area contributed by atoms with Crippen molar-refractivity contribution in [3.05, 3.63) is 89.7 Å². The van der Waals surface area contributed by atoms with Crippen LogP contribution in [-0.4, -0.2) is 10.1 Å². The molecule has 27 heavy (non-hydrogen) atoms. The Hall–Kier alpha value is -2.81. The maximum absolute atomic E-state index is 9.64. The van der Waals surface area contributed by atoms with Crippen LogP contribution in [0.1, 0.15) is 48.4 Å². The van der Waals surface area contributed by atoms with Gasteiger partial charge < -0.3 is 9.84 Å². The van der Waals surface area contributed by atoms with Gasteiger partial charge in [-0.1, -0.05) is 43.2 Å². The highest BCUT2D eigenvalue weighted by Gasteiger charge is 2.27. The number of hydrogen-bond donors (Lipinski definition) is 1. The van der Waals surface area contributed by atoms with Gasteiger partial charge in [0.25, 0.3) is 0 Å². The minimum Gasteiger partial charge on any atom is -0.508 e. The van der Waals surface area contributed by atoms with Crippen molar-refractivity contribution in [2.24, 2.45) is 5.92 Å². The molecule has 0 aliphatic heterocycles. The fourth-order valence-electron chi connectivity index (χ4n) is 4.12. The van der Waals surface area contributed by atoms with Gasteiger partial charge in [0.05, 0.1) is 5.69 Å². The second kappa shape index (κ2) is 8.26. The zero-order valence-corrected chi connectivity index (χ0v) is 15.4. The van der Waals surface area contributed by atoms with E-state index in [1.807, 2.05) is 18.2 Å². The van der Waals surface area contributed by atoms with Crippen molar-refractivity contribution in [3.8, 4) is 11.5 Å². The Kier molecular flexibility index (Phi) is 5.38. The van der Waals surface area contributed by atoms with Crippen molar-refractivity contribution in [1.29, 1.82) is 0 Å². The molecule has 1 aliphatic carbocycles. The fourth-order valence-corrected chi connectivity index (χ4v) is 4.12. The molecule has 1 aromatic heterocycles. The van der Waals surface area contributed by atoms with E-state index < -0.39 is 0 Å². The first-order valence-corrected chi connectivity index (χ1v) is 9.71. The van der Waals surface area contributed by atoms with Gasteiger partial charge in [0.1, 0.15) is 18.1 Å². The molecule has 1 atom stereocenters. The standard InChI is InChI=1S/C24H25NO2/c26-22-12-8-19(9-13-22)24(18-5-1-2-6-18)20-10-14-23(15-11-20)27-17-21-7-3-4-16-25-21/h3-4,7-16,18,24,26H,1-2,5-6,17H2. The third-order valence-electron chi connectivity index (χ3n) is 5.48. The quantitative estimate of drug-likeness (QED) is 0.615. The molecular weight excluding hydrogens is 334 g/mol. The van der Waals surface area contributed by atoms with Crippen molar-refractivity contribution in [1.82, 2.24) is 4.98 Å². The van der Waals surface area contributed by atoms with Gasteiger partial charge in [-0.3, -0.25) is 4.98 Å². The highest BCUT2D eigenvalue weighted by molar-refractivity contribution is 5.39. The third kappa shape index (κ3) is 4.30. The monoisotopic (exact) mass is 359 g/mol. The molecule has 138 valence electrons. The molecule has 0 bridgehead atoms. The molecule has 1 saturated carbocycles. The number of phenolic OH excluding ortho intramolecular Hbond substituents is 1. The number of aromatic hydroxyl groups is 1. The predicted molar refractivity (Wildman–Crippen MR) is 107 cm³/mol. The summed E-state index contributed by atoms with van der Waals surface area (Å²) in [6.07, 6.45) is 6.94. The molecule has 0 spiro atoms. The molecule has 1 aliphatic rings. The largest absolute Gasteiger partial charge is 0.508 e. The van der Waals surface area contributed by atoms with Gasteiger partial charge in [-0.05, 0) is 66.3 Å². The summed E-state index contributed by atoms with van der Waals surface area (Å²) in [5, 5.41) is 9.64. The molecule has 1 N–H and O–H groups in total. The van der Waals surface area contributed by atoms with E-state index in [0.717, 1.165) is 11.4 Å². The van der Waals surface area contributed by atoms with Crippen LogP contribution in [0.25, 0.3) is 0 Å². The van der Waals surface area contributed by atoms with Crippen molar-refractivity contribution >= 4 is 0 Å². The number of hydrogen-bond acceptors (Lipinski definition) is 3. The van der Waals surface area contributed by atoms with Crippen molar-refractivity contribution in [2.75, 3.05) is 0 Å². The van der Waals surface area contributed by atoms with Crippen molar-refractivity contribution < 1.29 is 9.84 Å². The minimum absolute atomic E-state index is 0.321. The average Bonchev–Trinajstić information content (AvgIpc) is 3.24. The van der Waals surface area contributed by atoms with Gasteiger partial charge >= 0.3 is 0 Å². The molecule has 1 unspecified atom stereocenters. The zero-order chi connectivity index (χ0) is 18.5. The molecule has 0 saturated heterocycles. The molecule has 0 radical (unpaired) electrons.